The Morgan fingerprint density at radius 3 is 2.75 bits per heavy atom. The van der Waals surface area contributed by atoms with Crippen LogP contribution in [0.2, 0.25) is 0 Å². The number of rotatable bonds is 3. The first kappa shape index (κ1) is 9.20. The van der Waals surface area contributed by atoms with Crippen LogP contribution in [0.5, 0.6) is 0 Å². The zero-order chi connectivity index (χ0) is 8.97. The second-order valence-electron chi connectivity index (χ2n) is 2.90. The largest absolute Gasteiger partial charge is 0.330 e. The molecule has 0 radical (unpaired) electrons. The Hall–Kier alpha value is -0.890. The molecule has 0 heterocycles. The third kappa shape index (κ3) is 2.05. The van der Waals surface area contributed by atoms with Gasteiger partial charge < -0.3 is 5.73 Å². The Balaban J connectivity index is 2.85. The van der Waals surface area contributed by atoms with Crippen molar-refractivity contribution in [3.63, 3.8) is 0 Å². The number of benzene rings is 1. The summed E-state index contributed by atoms with van der Waals surface area (Å²) in [5.74, 6) is 0.111. The molecule has 0 spiro atoms. The van der Waals surface area contributed by atoms with Gasteiger partial charge in [0.05, 0.1) is 0 Å². The van der Waals surface area contributed by atoms with Crippen molar-refractivity contribution in [2.24, 2.45) is 5.73 Å². The van der Waals surface area contributed by atoms with Crippen LogP contribution >= 0.6 is 0 Å². The topological polar surface area (TPSA) is 26.0 Å². The quantitative estimate of drug-likeness (QED) is 0.734. The van der Waals surface area contributed by atoms with E-state index in [2.05, 4.69) is 6.92 Å². The van der Waals surface area contributed by atoms with Crippen molar-refractivity contribution in [2.75, 3.05) is 6.54 Å². The number of hydrogen-bond donors (Lipinski definition) is 1. The van der Waals surface area contributed by atoms with Crippen molar-refractivity contribution in [3.8, 4) is 0 Å². The van der Waals surface area contributed by atoms with Crippen LogP contribution in [0.4, 0.5) is 4.39 Å². The van der Waals surface area contributed by atoms with E-state index in [0.29, 0.717) is 12.5 Å². The highest BCUT2D eigenvalue weighted by Crippen LogP contribution is 2.18. The zero-order valence-electron chi connectivity index (χ0n) is 7.26. The van der Waals surface area contributed by atoms with Gasteiger partial charge in [-0.2, -0.15) is 0 Å². The Bertz CT molecular complexity index is 243. The predicted molar refractivity (Wildman–Crippen MR) is 48.5 cm³/mol. The lowest BCUT2D eigenvalue weighted by molar-refractivity contribution is 0.614. The van der Waals surface area contributed by atoms with E-state index in [-0.39, 0.29) is 5.82 Å². The second-order valence-corrected chi connectivity index (χ2v) is 2.90. The molecule has 0 amide bonds. The summed E-state index contributed by atoms with van der Waals surface area (Å²) in [5.41, 5.74) is 6.54. The fourth-order valence-corrected chi connectivity index (χ4v) is 1.30. The van der Waals surface area contributed by atoms with Gasteiger partial charge in [-0.3, -0.25) is 0 Å². The molecule has 1 rings (SSSR count). The van der Waals surface area contributed by atoms with E-state index in [4.69, 9.17) is 5.73 Å². The summed E-state index contributed by atoms with van der Waals surface area (Å²) in [4.78, 5) is 0. The lowest BCUT2D eigenvalue weighted by Crippen LogP contribution is -2.11. The molecular formula is C10H14FN. The van der Waals surface area contributed by atoms with Crippen molar-refractivity contribution in [1.82, 2.24) is 0 Å². The monoisotopic (exact) mass is 167 g/mol. The Morgan fingerprint density at radius 1 is 1.50 bits per heavy atom. The van der Waals surface area contributed by atoms with Crippen molar-refractivity contribution in [1.29, 1.82) is 0 Å². The van der Waals surface area contributed by atoms with Crippen LogP contribution in [0, 0.1) is 5.82 Å². The summed E-state index contributed by atoms with van der Waals surface area (Å²) in [6, 6.07) is 6.65. The molecule has 1 aromatic rings. The van der Waals surface area contributed by atoms with Crippen LogP contribution in [0.25, 0.3) is 0 Å². The normalized spacial score (nSPS) is 12.9. The average Bonchev–Trinajstić information content (AvgIpc) is 2.07. The van der Waals surface area contributed by atoms with Crippen LogP contribution in [0.3, 0.4) is 0 Å². The zero-order valence-corrected chi connectivity index (χ0v) is 7.26. The fraction of sp³-hybridized carbons (Fsp3) is 0.400. The van der Waals surface area contributed by atoms with Gasteiger partial charge in [-0.25, -0.2) is 4.39 Å². The van der Waals surface area contributed by atoms with Gasteiger partial charge in [0.15, 0.2) is 0 Å². The minimum atomic E-state index is -0.181. The summed E-state index contributed by atoms with van der Waals surface area (Å²) < 4.78 is 12.8. The number of nitrogens with two attached hydrogens (primary N) is 1. The van der Waals surface area contributed by atoms with Gasteiger partial charge >= 0.3 is 0 Å². The fourth-order valence-electron chi connectivity index (χ4n) is 1.30. The van der Waals surface area contributed by atoms with Crippen LogP contribution in [-0.4, -0.2) is 6.54 Å². The van der Waals surface area contributed by atoms with E-state index in [1.54, 1.807) is 12.1 Å². The van der Waals surface area contributed by atoms with E-state index in [1.807, 2.05) is 6.07 Å². The average molecular weight is 167 g/mol. The molecule has 0 aliphatic carbocycles. The van der Waals surface area contributed by atoms with Gasteiger partial charge in [0, 0.05) is 0 Å². The summed E-state index contributed by atoms with van der Waals surface area (Å²) in [5, 5.41) is 0. The van der Waals surface area contributed by atoms with Crippen LogP contribution < -0.4 is 5.73 Å². The van der Waals surface area contributed by atoms with Gasteiger partial charge in [-0.05, 0) is 36.6 Å². The molecule has 0 saturated carbocycles. The first-order chi connectivity index (χ1) is 5.77. The molecule has 0 aliphatic heterocycles. The van der Waals surface area contributed by atoms with E-state index in [0.717, 1.165) is 12.0 Å². The molecule has 2 N–H and O–H groups in total. The molecule has 0 aromatic heterocycles. The maximum Gasteiger partial charge on any atom is 0.123 e. The summed E-state index contributed by atoms with van der Waals surface area (Å²) in [6.07, 6.45) is 0.958. The van der Waals surface area contributed by atoms with Crippen LogP contribution in [0.1, 0.15) is 24.8 Å². The smallest absolute Gasteiger partial charge is 0.123 e. The van der Waals surface area contributed by atoms with Crippen molar-refractivity contribution < 1.29 is 4.39 Å². The molecule has 1 aromatic carbocycles. The second kappa shape index (κ2) is 4.21. The van der Waals surface area contributed by atoms with Gasteiger partial charge in [-0.15, -0.1) is 0 Å². The highest BCUT2D eigenvalue weighted by molar-refractivity contribution is 5.20. The summed E-state index contributed by atoms with van der Waals surface area (Å²) in [7, 11) is 0. The molecule has 1 nitrogen and oxygen atoms in total. The van der Waals surface area contributed by atoms with E-state index < -0.39 is 0 Å². The van der Waals surface area contributed by atoms with Crippen molar-refractivity contribution >= 4 is 0 Å². The Labute approximate surface area is 72.4 Å². The maximum atomic E-state index is 12.8. The molecule has 0 fully saturated rings. The third-order valence-electron chi connectivity index (χ3n) is 2.10. The molecule has 66 valence electrons. The van der Waals surface area contributed by atoms with Crippen molar-refractivity contribution in [3.05, 3.63) is 35.6 Å². The SMILES string of the molecule is CCC(CN)c1cccc(F)c1. The predicted octanol–water partition coefficient (Wildman–Crippen LogP) is 2.28. The molecule has 1 atom stereocenters. The van der Waals surface area contributed by atoms with Gasteiger partial charge in [-0.1, -0.05) is 19.1 Å². The van der Waals surface area contributed by atoms with E-state index >= 15 is 0 Å². The molecule has 0 saturated heterocycles. The molecule has 0 bridgehead atoms. The standard InChI is InChI=1S/C10H14FN/c1-2-8(7-12)9-4-3-5-10(11)6-9/h3-6,8H,2,7,12H2,1H3. The van der Waals surface area contributed by atoms with E-state index in [9.17, 15) is 4.39 Å². The minimum absolute atomic E-state index is 0.181. The first-order valence-corrected chi connectivity index (χ1v) is 4.23. The summed E-state index contributed by atoms with van der Waals surface area (Å²) in [6.45, 7) is 2.64. The third-order valence-corrected chi connectivity index (χ3v) is 2.10. The van der Waals surface area contributed by atoms with Gasteiger partial charge in [0.1, 0.15) is 5.82 Å². The van der Waals surface area contributed by atoms with Crippen molar-refractivity contribution in [2.45, 2.75) is 19.3 Å². The van der Waals surface area contributed by atoms with Gasteiger partial charge in [0.2, 0.25) is 0 Å². The number of halogens is 1. The van der Waals surface area contributed by atoms with E-state index in [1.165, 1.54) is 6.07 Å². The molecule has 0 aliphatic rings. The molecule has 1 unspecified atom stereocenters. The maximum absolute atomic E-state index is 12.8. The molecular weight excluding hydrogens is 153 g/mol. The molecule has 2 heteroatoms. The Morgan fingerprint density at radius 2 is 2.25 bits per heavy atom. The van der Waals surface area contributed by atoms with Crippen LogP contribution in [0.15, 0.2) is 24.3 Å². The number of hydrogen-bond acceptors (Lipinski definition) is 1. The Kier molecular flexibility index (Phi) is 3.23. The lowest BCUT2D eigenvalue weighted by Gasteiger charge is -2.11. The van der Waals surface area contributed by atoms with Gasteiger partial charge in [0.25, 0.3) is 0 Å². The highest BCUT2D eigenvalue weighted by Gasteiger charge is 2.06. The summed E-state index contributed by atoms with van der Waals surface area (Å²) >= 11 is 0. The highest BCUT2D eigenvalue weighted by atomic mass is 19.1. The lowest BCUT2D eigenvalue weighted by atomic mass is 9.97. The molecule has 12 heavy (non-hydrogen) atoms. The minimum Gasteiger partial charge on any atom is -0.330 e. The van der Waals surface area contributed by atoms with Crippen LogP contribution in [-0.2, 0) is 0 Å². The first-order valence-electron chi connectivity index (χ1n) is 4.23.